The number of hydrogen-bond acceptors (Lipinski definition) is 6. The number of aromatic amines is 1. The highest BCUT2D eigenvalue weighted by Crippen LogP contribution is 2.24. The number of nitrogens with one attached hydrogen (secondary N) is 1. The molecule has 0 aliphatic rings. The van der Waals surface area contributed by atoms with Gasteiger partial charge in [-0.1, -0.05) is 42.1 Å². The van der Waals surface area contributed by atoms with E-state index in [1.807, 2.05) is 12.1 Å². The molecule has 6 nitrogen and oxygen atoms in total. The van der Waals surface area contributed by atoms with Gasteiger partial charge in [0.15, 0.2) is 5.16 Å². The number of carbonyl (C=O) groups excluding carboxylic acids is 1. The van der Waals surface area contributed by atoms with Gasteiger partial charge in [0.25, 0.3) is 5.56 Å². The first kappa shape index (κ1) is 15.8. The van der Waals surface area contributed by atoms with Crippen LogP contribution >= 0.6 is 11.8 Å². The summed E-state index contributed by atoms with van der Waals surface area (Å²) in [4.78, 5) is 30.3. The quantitative estimate of drug-likeness (QED) is 0.526. The summed E-state index contributed by atoms with van der Waals surface area (Å²) in [6, 6.07) is 10.8. The summed E-state index contributed by atoms with van der Waals surface area (Å²) in [6.07, 6.45) is 0. The van der Waals surface area contributed by atoms with Crippen LogP contribution in [0.3, 0.4) is 0 Å². The summed E-state index contributed by atoms with van der Waals surface area (Å²) < 4.78 is 4.64. The third-order valence-electron chi connectivity index (χ3n) is 2.88. The van der Waals surface area contributed by atoms with Crippen LogP contribution in [0.2, 0.25) is 0 Å². The second-order valence-corrected chi connectivity index (χ2v) is 5.69. The Bertz CT molecular complexity index is 781. The normalized spacial score (nSPS) is 11.5. The van der Waals surface area contributed by atoms with Crippen molar-refractivity contribution >= 4 is 17.7 Å². The van der Waals surface area contributed by atoms with Crippen molar-refractivity contribution < 1.29 is 9.53 Å². The lowest BCUT2D eigenvalue weighted by Crippen LogP contribution is -2.19. The molecule has 0 amide bonds. The van der Waals surface area contributed by atoms with Crippen LogP contribution in [-0.2, 0) is 9.53 Å². The van der Waals surface area contributed by atoms with Gasteiger partial charge in [0.1, 0.15) is 16.9 Å². The molecule has 1 aromatic heterocycles. The minimum absolute atomic E-state index is 0.0544. The van der Waals surface area contributed by atoms with Crippen molar-refractivity contribution in [2.75, 3.05) is 7.11 Å². The van der Waals surface area contributed by atoms with Crippen LogP contribution in [0.15, 0.2) is 40.3 Å². The van der Waals surface area contributed by atoms with Gasteiger partial charge in [-0.2, -0.15) is 5.26 Å². The zero-order valence-corrected chi connectivity index (χ0v) is 12.8. The molecule has 0 saturated heterocycles. The smallest absolute Gasteiger partial charge is 0.318 e. The number of aromatic nitrogens is 2. The summed E-state index contributed by atoms with van der Waals surface area (Å²) in [7, 11) is 1.30. The SMILES string of the molecule is COC(=O)C(C)Sc1nc(-c2ccccc2)c(C#N)c(=O)[nH]1. The third-order valence-corrected chi connectivity index (χ3v) is 3.84. The van der Waals surface area contributed by atoms with Crippen LogP contribution in [0, 0.1) is 11.3 Å². The number of rotatable bonds is 4. The lowest BCUT2D eigenvalue weighted by molar-refractivity contribution is -0.139. The van der Waals surface area contributed by atoms with E-state index in [2.05, 4.69) is 14.7 Å². The molecule has 2 aromatic rings. The lowest BCUT2D eigenvalue weighted by atomic mass is 10.1. The van der Waals surface area contributed by atoms with Crippen molar-refractivity contribution in [1.29, 1.82) is 5.26 Å². The summed E-state index contributed by atoms with van der Waals surface area (Å²) in [5.41, 5.74) is 0.376. The molecule has 0 aliphatic heterocycles. The van der Waals surface area contributed by atoms with E-state index in [1.54, 1.807) is 31.2 Å². The maximum absolute atomic E-state index is 12.0. The summed E-state index contributed by atoms with van der Waals surface area (Å²) >= 11 is 1.07. The molecule has 0 spiro atoms. The maximum Gasteiger partial charge on any atom is 0.318 e. The minimum Gasteiger partial charge on any atom is -0.468 e. The van der Waals surface area contributed by atoms with Crippen LogP contribution in [0.25, 0.3) is 11.3 Å². The predicted octanol–water partition coefficient (Wildman–Crippen LogP) is 1.96. The average Bonchev–Trinajstić information content (AvgIpc) is 2.54. The monoisotopic (exact) mass is 315 g/mol. The van der Waals surface area contributed by atoms with Gasteiger partial charge < -0.3 is 9.72 Å². The van der Waals surface area contributed by atoms with E-state index in [0.717, 1.165) is 11.8 Å². The van der Waals surface area contributed by atoms with E-state index in [1.165, 1.54) is 7.11 Å². The number of H-pyrrole nitrogens is 1. The number of benzene rings is 1. The number of nitriles is 1. The molecule has 22 heavy (non-hydrogen) atoms. The van der Waals surface area contributed by atoms with E-state index >= 15 is 0 Å². The zero-order chi connectivity index (χ0) is 16.1. The topological polar surface area (TPSA) is 95.8 Å². The Morgan fingerprint density at radius 2 is 2.09 bits per heavy atom. The van der Waals surface area contributed by atoms with Gasteiger partial charge in [0.2, 0.25) is 0 Å². The van der Waals surface area contributed by atoms with Gasteiger partial charge in [-0.3, -0.25) is 9.59 Å². The Labute approximate surface area is 131 Å². The fourth-order valence-electron chi connectivity index (χ4n) is 1.80. The Hall–Kier alpha value is -2.59. The van der Waals surface area contributed by atoms with Gasteiger partial charge in [-0.05, 0) is 6.92 Å². The molecule has 2 rings (SSSR count). The van der Waals surface area contributed by atoms with Gasteiger partial charge in [0.05, 0.1) is 12.8 Å². The highest BCUT2D eigenvalue weighted by atomic mass is 32.2. The number of esters is 1. The number of hydrogen-bond donors (Lipinski definition) is 1. The number of carbonyl (C=O) groups is 1. The van der Waals surface area contributed by atoms with Crippen molar-refractivity contribution in [3.8, 4) is 17.3 Å². The molecule has 0 bridgehead atoms. The molecule has 1 atom stereocenters. The predicted molar refractivity (Wildman–Crippen MR) is 82.3 cm³/mol. The van der Waals surface area contributed by atoms with E-state index in [9.17, 15) is 9.59 Å². The molecule has 0 radical (unpaired) electrons. The van der Waals surface area contributed by atoms with Crippen LogP contribution < -0.4 is 5.56 Å². The van der Waals surface area contributed by atoms with Crippen LogP contribution in [0.4, 0.5) is 0 Å². The Morgan fingerprint density at radius 1 is 1.41 bits per heavy atom. The summed E-state index contributed by atoms with van der Waals surface area (Å²) in [5.74, 6) is -0.418. The molecular formula is C15H13N3O3S. The fraction of sp³-hybridized carbons (Fsp3) is 0.200. The van der Waals surface area contributed by atoms with Gasteiger partial charge >= 0.3 is 5.97 Å². The number of methoxy groups -OCH3 is 1. The molecule has 7 heteroatoms. The Kier molecular flexibility index (Phi) is 4.96. The molecule has 0 aliphatic carbocycles. The van der Waals surface area contributed by atoms with Gasteiger partial charge in [0, 0.05) is 5.56 Å². The average molecular weight is 315 g/mol. The van der Waals surface area contributed by atoms with E-state index in [4.69, 9.17) is 5.26 Å². The van der Waals surface area contributed by atoms with Crippen LogP contribution in [-0.4, -0.2) is 28.3 Å². The fourth-order valence-corrected chi connectivity index (χ4v) is 2.62. The molecule has 1 aromatic carbocycles. The second kappa shape index (κ2) is 6.91. The minimum atomic E-state index is -0.532. The Morgan fingerprint density at radius 3 is 2.68 bits per heavy atom. The first-order valence-corrected chi connectivity index (χ1v) is 7.29. The van der Waals surface area contributed by atoms with E-state index in [-0.39, 0.29) is 10.7 Å². The molecule has 0 saturated carbocycles. The molecule has 1 N–H and O–H groups in total. The van der Waals surface area contributed by atoms with Crippen molar-refractivity contribution in [3.05, 3.63) is 46.2 Å². The number of ether oxygens (including phenoxy) is 1. The zero-order valence-electron chi connectivity index (χ0n) is 12.0. The lowest BCUT2D eigenvalue weighted by Gasteiger charge is -2.09. The van der Waals surface area contributed by atoms with Crippen LogP contribution in [0.5, 0.6) is 0 Å². The number of thioether (sulfide) groups is 1. The van der Waals surface area contributed by atoms with Crippen molar-refractivity contribution in [1.82, 2.24) is 9.97 Å². The van der Waals surface area contributed by atoms with Gasteiger partial charge in [-0.25, -0.2) is 4.98 Å². The van der Waals surface area contributed by atoms with Crippen molar-refractivity contribution in [2.24, 2.45) is 0 Å². The summed E-state index contributed by atoms with van der Waals surface area (Å²) in [5, 5.41) is 8.91. The maximum atomic E-state index is 12.0. The molecule has 112 valence electrons. The third kappa shape index (κ3) is 3.35. The molecule has 0 fully saturated rings. The largest absolute Gasteiger partial charge is 0.468 e. The first-order valence-electron chi connectivity index (χ1n) is 6.41. The van der Waals surface area contributed by atoms with Crippen molar-refractivity contribution in [2.45, 2.75) is 17.3 Å². The van der Waals surface area contributed by atoms with Gasteiger partial charge in [-0.15, -0.1) is 0 Å². The number of nitrogens with zero attached hydrogens (tertiary/aromatic N) is 2. The van der Waals surface area contributed by atoms with E-state index in [0.29, 0.717) is 11.3 Å². The molecule has 1 unspecified atom stereocenters. The molecule has 1 heterocycles. The second-order valence-electron chi connectivity index (χ2n) is 4.36. The molecular weight excluding hydrogens is 302 g/mol. The van der Waals surface area contributed by atoms with Crippen molar-refractivity contribution in [3.63, 3.8) is 0 Å². The highest BCUT2D eigenvalue weighted by Gasteiger charge is 2.19. The standard InChI is InChI=1S/C15H13N3O3S/c1-9(14(20)21-2)22-15-17-12(10-6-4-3-5-7-10)11(8-16)13(19)18-15/h3-7,9H,1-2H3,(H,17,18,19). The highest BCUT2D eigenvalue weighted by molar-refractivity contribution is 8.00. The summed E-state index contributed by atoms with van der Waals surface area (Å²) in [6.45, 7) is 1.65. The van der Waals surface area contributed by atoms with Crippen LogP contribution in [0.1, 0.15) is 12.5 Å². The Balaban J connectivity index is 2.48. The van der Waals surface area contributed by atoms with E-state index < -0.39 is 16.8 Å². The first-order chi connectivity index (χ1) is 10.6.